The van der Waals surface area contributed by atoms with Gasteiger partial charge in [-0.15, -0.1) is 0 Å². The third kappa shape index (κ3) is 5.67. The van der Waals surface area contributed by atoms with Crippen molar-refractivity contribution >= 4 is 13.8 Å². The predicted molar refractivity (Wildman–Crippen MR) is 120 cm³/mol. The van der Waals surface area contributed by atoms with Crippen molar-refractivity contribution in [3.8, 4) is 0 Å². The van der Waals surface area contributed by atoms with Gasteiger partial charge in [0, 0.05) is 19.4 Å². The van der Waals surface area contributed by atoms with Crippen LogP contribution in [-0.4, -0.2) is 45.1 Å². The van der Waals surface area contributed by atoms with Crippen LogP contribution in [0.1, 0.15) is 52.5 Å². The van der Waals surface area contributed by atoms with E-state index in [-0.39, 0.29) is 0 Å². The normalized spacial score (nSPS) is 20.2. The Labute approximate surface area is 168 Å². The van der Waals surface area contributed by atoms with Crippen LogP contribution in [-0.2, 0) is 11.2 Å². The first-order chi connectivity index (χ1) is 12.7. The Bertz CT molecular complexity index is 607. The van der Waals surface area contributed by atoms with E-state index in [9.17, 15) is 0 Å². The first-order valence-electron chi connectivity index (χ1n) is 10.5. The minimum atomic E-state index is -1.51. The highest BCUT2D eigenvalue weighted by Gasteiger charge is 2.42. The summed E-state index contributed by atoms with van der Waals surface area (Å²) in [5.74, 6) is 0. The van der Waals surface area contributed by atoms with Crippen LogP contribution in [0, 0.1) is 0 Å². The number of aryl methyl sites for hydroxylation is 1. The average Bonchev–Trinajstić information content (AvgIpc) is 3.05. The Hall–Kier alpha value is -1.13. The van der Waals surface area contributed by atoms with Crippen LogP contribution in [0.2, 0.25) is 23.7 Å². The van der Waals surface area contributed by atoms with Crippen molar-refractivity contribution in [1.29, 1.82) is 0 Å². The summed E-state index contributed by atoms with van der Waals surface area (Å²) in [4.78, 5) is 0. The van der Waals surface area contributed by atoms with Crippen LogP contribution in [0.5, 0.6) is 0 Å². The number of methoxy groups -OCH3 is 1. The van der Waals surface area contributed by atoms with E-state index in [2.05, 4.69) is 76.1 Å². The van der Waals surface area contributed by atoms with Gasteiger partial charge in [-0.05, 0) is 41.8 Å². The molecule has 3 nitrogen and oxygen atoms in total. The standard InChI is InChI=1S/C23H40N2OSi/c1-19(27(6,7)23(2,3)4)22(16-15-20-12-9-8-10-13-20)24-25-17-11-14-21(25)18-26-5/h8-10,12-13,19,21H,11,14-18H2,1-7H3/b24-22-/t19-,21-/m0/s1. The fourth-order valence-electron chi connectivity index (χ4n) is 3.82. The Morgan fingerprint density at radius 1 is 1.26 bits per heavy atom. The van der Waals surface area contributed by atoms with E-state index >= 15 is 0 Å². The molecule has 27 heavy (non-hydrogen) atoms. The Kier molecular flexibility index (Phi) is 7.70. The maximum atomic E-state index is 5.45. The van der Waals surface area contributed by atoms with Gasteiger partial charge < -0.3 is 4.74 Å². The predicted octanol–water partition coefficient (Wildman–Crippen LogP) is 5.98. The maximum Gasteiger partial charge on any atom is 0.0704 e. The zero-order valence-corrected chi connectivity index (χ0v) is 19.6. The van der Waals surface area contributed by atoms with Gasteiger partial charge in [0.05, 0.1) is 20.7 Å². The fraction of sp³-hybridized carbons (Fsp3) is 0.696. The Morgan fingerprint density at radius 2 is 1.93 bits per heavy atom. The van der Waals surface area contributed by atoms with Gasteiger partial charge in [0.25, 0.3) is 0 Å². The lowest BCUT2D eigenvalue weighted by Crippen LogP contribution is -2.45. The molecule has 4 heteroatoms. The molecule has 0 saturated carbocycles. The first-order valence-corrected chi connectivity index (χ1v) is 13.6. The number of hydrogen-bond acceptors (Lipinski definition) is 3. The van der Waals surface area contributed by atoms with Crippen LogP contribution in [0.15, 0.2) is 35.4 Å². The third-order valence-corrected chi connectivity index (χ3v) is 13.4. The highest BCUT2D eigenvalue weighted by molar-refractivity contribution is 6.84. The molecule has 152 valence electrons. The lowest BCUT2D eigenvalue weighted by atomic mass is 10.1. The van der Waals surface area contributed by atoms with Crippen molar-refractivity contribution in [2.45, 2.75) is 83.1 Å². The first kappa shape index (κ1) is 22.2. The summed E-state index contributed by atoms with van der Waals surface area (Å²) >= 11 is 0. The molecule has 0 spiro atoms. The molecule has 0 radical (unpaired) electrons. The van der Waals surface area contributed by atoms with Crippen molar-refractivity contribution in [2.24, 2.45) is 5.10 Å². The van der Waals surface area contributed by atoms with Crippen molar-refractivity contribution < 1.29 is 4.74 Å². The quantitative estimate of drug-likeness (QED) is 0.404. The monoisotopic (exact) mass is 388 g/mol. The van der Waals surface area contributed by atoms with Crippen LogP contribution in [0.25, 0.3) is 0 Å². The molecule has 0 aromatic heterocycles. The number of ether oxygens (including phenoxy) is 1. The van der Waals surface area contributed by atoms with Crippen LogP contribution >= 0.6 is 0 Å². The molecule has 1 aromatic carbocycles. The van der Waals surface area contributed by atoms with Crippen molar-refractivity contribution in [3.05, 3.63) is 35.9 Å². The number of benzene rings is 1. The van der Waals surface area contributed by atoms with Gasteiger partial charge in [-0.1, -0.05) is 71.1 Å². The van der Waals surface area contributed by atoms with Crippen LogP contribution < -0.4 is 0 Å². The van der Waals surface area contributed by atoms with Crippen LogP contribution in [0.4, 0.5) is 0 Å². The summed E-state index contributed by atoms with van der Waals surface area (Å²) in [6.07, 6.45) is 4.53. The smallest absolute Gasteiger partial charge is 0.0704 e. The molecule has 1 aromatic rings. The van der Waals surface area contributed by atoms with E-state index in [0.717, 1.165) is 26.0 Å². The summed E-state index contributed by atoms with van der Waals surface area (Å²) in [7, 11) is 0.290. The van der Waals surface area contributed by atoms with Crippen LogP contribution in [0.3, 0.4) is 0 Å². The number of rotatable bonds is 8. The van der Waals surface area contributed by atoms with Crippen molar-refractivity contribution in [1.82, 2.24) is 5.01 Å². The van der Waals surface area contributed by atoms with E-state index in [4.69, 9.17) is 9.84 Å². The van der Waals surface area contributed by atoms with Gasteiger partial charge in [0.15, 0.2) is 0 Å². The molecule has 1 saturated heterocycles. The summed E-state index contributed by atoms with van der Waals surface area (Å²) < 4.78 is 5.45. The summed E-state index contributed by atoms with van der Waals surface area (Å²) in [5, 5.41) is 7.96. The average molecular weight is 389 g/mol. The topological polar surface area (TPSA) is 24.8 Å². The molecular weight excluding hydrogens is 348 g/mol. The molecule has 1 aliphatic rings. The molecule has 0 unspecified atom stereocenters. The largest absolute Gasteiger partial charge is 0.382 e. The van der Waals surface area contributed by atoms with E-state index in [1.54, 1.807) is 7.11 Å². The minimum absolute atomic E-state index is 0.358. The van der Waals surface area contributed by atoms with Gasteiger partial charge in [-0.2, -0.15) is 5.10 Å². The molecule has 0 N–H and O–H groups in total. The molecule has 1 aliphatic heterocycles. The van der Waals surface area contributed by atoms with Gasteiger partial charge in [0.2, 0.25) is 0 Å². The van der Waals surface area contributed by atoms with E-state index in [0.29, 0.717) is 16.6 Å². The Morgan fingerprint density at radius 3 is 2.52 bits per heavy atom. The molecular formula is C23H40N2OSi. The van der Waals surface area contributed by atoms with Crippen molar-refractivity contribution in [2.75, 3.05) is 20.3 Å². The molecule has 2 rings (SSSR count). The summed E-state index contributed by atoms with van der Waals surface area (Å²) in [6.45, 7) is 16.6. The number of nitrogens with zero attached hydrogens (tertiary/aromatic N) is 2. The lowest BCUT2D eigenvalue weighted by molar-refractivity contribution is 0.117. The summed E-state index contributed by atoms with van der Waals surface area (Å²) in [5.41, 5.74) is 3.36. The van der Waals surface area contributed by atoms with Crippen molar-refractivity contribution in [3.63, 3.8) is 0 Å². The third-order valence-electron chi connectivity index (χ3n) is 6.99. The lowest BCUT2D eigenvalue weighted by Gasteiger charge is -2.42. The Balaban J connectivity index is 2.26. The zero-order chi connectivity index (χ0) is 20.1. The second-order valence-electron chi connectivity index (χ2n) is 9.68. The molecule has 2 atom stereocenters. The SMILES string of the molecule is COC[C@@H]1CCCN1/N=C(/CCc1ccccc1)[C@H](C)[Si](C)(C)C(C)(C)C. The highest BCUT2D eigenvalue weighted by atomic mass is 28.3. The molecule has 0 amide bonds. The highest BCUT2D eigenvalue weighted by Crippen LogP contribution is 2.44. The van der Waals surface area contributed by atoms with E-state index < -0.39 is 8.07 Å². The molecule has 0 aliphatic carbocycles. The molecule has 0 bridgehead atoms. The fourth-order valence-corrected chi connectivity index (χ4v) is 6.15. The molecule has 1 fully saturated rings. The zero-order valence-electron chi connectivity index (χ0n) is 18.6. The van der Waals surface area contributed by atoms with Gasteiger partial charge >= 0.3 is 0 Å². The molecule has 1 heterocycles. The maximum absolute atomic E-state index is 5.45. The van der Waals surface area contributed by atoms with E-state index in [1.807, 2.05) is 0 Å². The number of hydrogen-bond donors (Lipinski definition) is 0. The van der Waals surface area contributed by atoms with Gasteiger partial charge in [0.1, 0.15) is 0 Å². The van der Waals surface area contributed by atoms with Gasteiger partial charge in [-0.25, -0.2) is 0 Å². The minimum Gasteiger partial charge on any atom is -0.382 e. The van der Waals surface area contributed by atoms with Gasteiger partial charge in [-0.3, -0.25) is 5.01 Å². The van der Waals surface area contributed by atoms with E-state index in [1.165, 1.54) is 24.1 Å². The second kappa shape index (κ2) is 9.38. The summed E-state index contributed by atoms with van der Waals surface area (Å²) in [6, 6.07) is 11.3. The second-order valence-corrected chi connectivity index (χ2v) is 15.5. The number of hydrazone groups is 1.